The second kappa shape index (κ2) is 5.01. The first-order valence-electron chi connectivity index (χ1n) is 6.15. The van der Waals surface area contributed by atoms with Gasteiger partial charge in [0.15, 0.2) is 0 Å². The van der Waals surface area contributed by atoms with Crippen LogP contribution in [-0.2, 0) is 12.0 Å². The van der Waals surface area contributed by atoms with E-state index in [0.29, 0.717) is 11.4 Å². The molecule has 0 aliphatic rings. The van der Waals surface area contributed by atoms with Gasteiger partial charge in [0.2, 0.25) is 0 Å². The number of aliphatic hydroxyl groups is 1. The van der Waals surface area contributed by atoms with Gasteiger partial charge in [-0.25, -0.2) is 4.68 Å². The van der Waals surface area contributed by atoms with Crippen LogP contribution in [0.4, 0.5) is 5.69 Å². The molecular formula is C13H16N4O3. The van der Waals surface area contributed by atoms with Crippen molar-refractivity contribution in [2.24, 2.45) is 0 Å². The summed E-state index contributed by atoms with van der Waals surface area (Å²) in [4.78, 5) is 10.4. The predicted molar refractivity (Wildman–Crippen MR) is 72.6 cm³/mol. The quantitative estimate of drug-likeness (QED) is 0.683. The molecule has 0 unspecified atom stereocenters. The van der Waals surface area contributed by atoms with Gasteiger partial charge in [0.05, 0.1) is 22.9 Å². The number of aromatic nitrogens is 3. The average molecular weight is 276 g/mol. The van der Waals surface area contributed by atoms with Crippen molar-refractivity contribution in [2.75, 3.05) is 0 Å². The van der Waals surface area contributed by atoms with Crippen molar-refractivity contribution in [2.45, 2.75) is 32.8 Å². The van der Waals surface area contributed by atoms with Gasteiger partial charge in [-0.1, -0.05) is 32.1 Å². The lowest BCUT2D eigenvalue weighted by molar-refractivity contribution is -0.384. The fourth-order valence-corrected chi connectivity index (χ4v) is 2.09. The van der Waals surface area contributed by atoms with Gasteiger partial charge in [-0.3, -0.25) is 10.1 Å². The minimum atomic E-state index is -0.454. The molecule has 106 valence electrons. The highest BCUT2D eigenvalue weighted by atomic mass is 16.6. The third-order valence-corrected chi connectivity index (χ3v) is 2.89. The van der Waals surface area contributed by atoms with E-state index in [4.69, 9.17) is 0 Å². The summed E-state index contributed by atoms with van der Waals surface area (Å²) in [5.41, 5.74) is 1.45. The minimum absolute atomic E-state index is 0.0107. The molecular weight excluding hydrogens is 260 g/mol. The van der Waals surface area contributed by atoms with Crippen LogP contribution in [0.5, 0.6) is 0 Å². The average Bonchev–Trinajstić information content (AvgIpc) is 2.82. The third-order valence-electron chi connectivity index (χ3n) is 2.89. The number of nitro benzene ring substituents is 1. The van der Waals surface area contributed by atoms with Crippen LogP contribution < -0.4 is 0 Å². The lowest BCUT2D eigenvalue weighted by Gasteiger charge is -2.20. The zero-order valence-electron chi connectivity index (χ0n) is 11.6. The first-order chi connectivity index (χ1) is 9.34. The van der Waals surface area contributed by atoms with E-state index in [1.807, 2.05) is 20.8 Å². The monoisotopic (exact) mass is 276 g/mol. The number of benzene rings is 1. The van der Waals surface area contributed by atoms with Gasteiger partial charge in [0.1, 0.15) is 5.69 Å². The Hall–Kier alpha value is -2.28. The summed E-state index contributed by atoms with van der Waals surface area (Å²) >= 11 is 0. The molecule has 0 fully saturated rings. The Morgan fingerprint density at radius 3 is 2.65 bits per heavy atom. The van der Waals surface area contributed by atoms with Crippen molar-refractivity contribution in [3.05, 3.63) is 45.8 Å². The summed E-state index contributed by atoms with van der Waals surface area (Å²) in [5.74, 6) is 0. The number of aliphatic hydroxyl groups excluding tert-OH is 1. The summed E-state index contributed by atoms with van der Waals surface area (Å²) in [7, 11) is 0. The van der Waals surface area contributed by atoms with E-state index in [9.17, 15) is 15.2 Å². The SMILES string of the molecule is CC(C)(C)c1c(CO)nnn1-c1cccc([N+](=O)[O-])c1. The van der Waals surface area contributed by atoms with E-state index in [0.717, 1.165) is 5.69 Å². The largest absolute Gasteiger partial charge is 0.390 e. The number of hydrogen-bond acceptors (Lipinski definition) is 5. The fraction of sp³-hybridized carbons (Fsp3) is 0.385. The molecule has 0 aliphatic carbocycles. The van der Waals surface area contributed by atoms with Gasteiger partial charge in [-0.15, -0.1) is 5.10 Å². The Morgan fingerprint density at radius 1 is 1.40 bits per heavy atom. The zero-order chi connectivity index (χ0) is 14.9. The number of non-ortho nitro benzene ring substituents is 1. The van der Waals surface area contributed by atoms with Gasteiger partial charge in [0, 0.05) is 17.5 Å². The fourth-order valence-electron chi connectivity index (χ4n) is 2.09. The summed E-state index contributed by atoms with van der Waals surface area (Å²) in [6, 6.07) is 6.17. The Kier molecular flexibility index (Phi) is 3.54. The standard InChI is InChI=1S/C13H16N4O3/c1-13(2,3)12-11(8-18)14-15-16(12)9-5-4-6-10(7-9)17(19)20/h4-7,18H,8H2,1-3H3. The van der Waals surface area contributed by atoms with Crippen LogP contribution in [0.3, 0.4) is 0 Å². The van der Waals surface area contributed by atoms with Crippen LogP contribution in [-0.4, -0.2) is 25.0 Å². The van der Waals surface area contributed by atoms with Gasteiger partial charge < -0.3 is 5.11 Å². The van der Waals surface area contributed by atoms with E-state index >= 15 is 0 Å². The van der Waals surface area contributed by atoms with Gasteiger partial charge >= 0.3 is 0 Å². The van der Waals surface area contributed by atoms with E-state index < -0.39 is 4.92 Å². The van der Waals surface area contributed by atoms with Gasteiger partial charge in [-0.2, -0.15) is 0 Å². The van der Waals surface area contributed by atoms with Crippen molar-refractivity contribution in [1.29, 1.82) is 0 Å². The molecule has 0 saturated carbocycles. The van der Waals surface area contributed by atoms with Crippen molar-refractivity contribution in [3.8, 4) is 5.69 Å². The molecule has 0 radical (unpaired) electrons. The Labute approximate surface area is 116 Å². The molecule has 0 saturated heterocycles. The lowest BCUT2D eigenvalue weighted by Crippen LogP contribution is -2.19. The highest BCUT2D eigenvalue weighted by molar-refractivity contribution is 5.44. The summed E-state index contributed by atoms with van der Waals surface area (Å²) in [6.07, 6.45) is 0. The maximum Gasteiger partial charge on any atom is 0.271 e. The number of hydrogen-bond donors (Lipinski definition) is 1. The summed E-state index contributed by atoms with van der Waals surface area (Å²) < 4.78 is 1.54. The van der Waals surface area contributed by atoms with E-state index in [1.54, 1.807) is 16.8 Å². The molecule has 2 rings (SSSR count). The molecule has 1 aromatic carbocycles. The molecule has 0 amide bonds. The van der Waals surface area contributed by atoms with E-state index in [2.05, 4.69) is 10.3 Å². The van der Waals surface area contributed by atoms with Crippen molar-refractivity contribution >= 4 is 5.69 Å². The molecule has 2 aromatic rings. The maximum atomic E-state index is 10.8. The number of nitrogens with zero attached hydrogens (tertiary/aromatic N) is 4. The Balaban J connectivity index is 2.61. The van der Waals surface area contributed by atoms with Crippen molar-refractivity contribution in [1.82, 2.24) is 15.0 Å². The molecule has 1 aromatic heterocycles. The molecule has 7 nitrogen and oxygen atoms in total. The van der Waals surface area contributed by atoms with Gasteiger partial charge in [0.25, 0.3) is 5.69 Å². The molecule has 7 heteroatoms. The smallest absolute Gasteiger partial charge is 0.271 e. The van der Waals surface area contributed by atoms with Crippen molar-refractivity contribution < 1.29 is 10.0 Å². The Morgan fingerprint density at radius 2 is 2.10 bits per heavy atom. The van der Waals surface area contributed by atoms with Crippen LogP contribution in [0.25, 0.3) is 5.69 Å². The van der Waals surface area contributed by atoms with Crippen LogP contribution in [0.15, 0.2) is 24.3 Å². The second-order valence-electron chi connectivity index (χ2n) is 5.48. The van der Waals surface area contributed by atoms with Crippen LogP contribution in [0.1, 0.15) is 32.2 Å². The zero-order valence-corrected chi connectivity index (χ0v) is 11.6. The van der Waals surface area contributed by atoms with E-state index in [1.165, 1.54) is 12.1 Å². The molecule has 1 N–H and O–H groups in total. The molecule has 0 bridgehead atoms. The minimum Gasteiger partial charge on any atom is -0.390 e. The maximum absolute atomic E-state index is 10.8. The Bertz CT molecular complexity index is 643. The van der Waals surface area contributed by atoms with Crippen LogP contribution in [0.2, 0.25) is 0 Å². The number of nitro groups is 1. The van der Waals surface area contributed by atoms with Gasteiger partial charge in [-0.05, 0) is 6.07 Å². The summed E-state index contributed by atoms with van der Waals surface area (Å²) in [6.45, 7) is 5.69. The topological polar surface area (TPSA) is 94.1 Å². The normalized spacial score (nSPS) is 11.6. The third kappa shape index (κ3) is 2.53. The summed E-state index contributed by atoms with van der Waals surface area (Å²) in [5, 5.41) is 28.2. The molecule has 20 heavy (non-hydrogen) atoms. The lowest BCUT2D eigenvalue weighted by atomic mass is 9.90. The number of rotatable bonds is 3. The van der Waals surface area contributed by atoms with Crippen LogP contribution >= 0.6 is 0 Å². The predicted octanol–water partition coefficient (Wildman–Crippen LogP) is 1.97. The first-order valence-corrected chi connectivity index (χ1v) is 6.15. The molecule has 0 spiro atoms. The highest BCUT2D eigenvalue weighted by Gasteiger charge is 2.26. The highest BCUT2D eigenvalue weighted by Crippen LogP contribution is 2.28. The molecule has 0 aliphatic heterocycles. The second-order valence-corrected chi connectivity index (χ2v) is 5.48. The first kappa shape index (κ1) is 14.1. The van der Waals surface area contributed by atoms with E-state index in [-0.39, 0.29) is 17.7 Å². The van der Waals surface area contributed by atoms with Crippen molar-refractivity contribution in [3.63, 3.8) is 0 Å². The molecule has 0 atom stereocenters. The van der Waals surface area contributed by atoms with Crippen LogP contribution in [0, 0.1) is 10.1 Å². The molecule has 1 heterocycles.